The Labute approximate surface area is 114 Å². The van der Waals surface area contributed by atoms with E-state index >= 15 is 0 Å². The Hall–Kier alpha value is -1.61. The molecular formula is C16H21N3. The van der Waals surface area contributed by atoms with Gasteiger partial charge in [0.15, 0.2) is 0 Å². The van der Waals surface area contributed by atoms with Gasteiger partial charge in [-0.1, -0.05) is 30.3 Å². The van der Waals surface area contributed by atoms with Gasteiger partial charge in [0, 0.05) is 31.0 Å². The molecule has 100 valence electrons. The lowest BCUT2D eigenvalue weighted by Crippen LogP contribution is -2.34. The highest BCUT2D eigenvalue weighted by molar-refractivity contribution is 5.21. The maximum Gasteiger partial charge on any atom is 0.0946 e. The van der Waals surface area contributed by atoms with Gasteiger partial charge in [-0.05, 0) is 31.2 Å². The molecule has 3 rings (SSSR count). The number of nitrogens with one attached hydrogen (secondary N) is 1. The van der Waals surface area contributed by atoms with Crippen LogP contribution in [0.4, 0.5) is 0 Å². The summed E-state index contributed by atoms with van der Waals surface area (Å²) >= 11 is 0. The molecule has 0 bridgehead atoms. The molecule has 0 spiro atoms. The first kappa shape index (κ1) is 12.4. The third-order valence-electron chi connectivity index (χ3n) is 3.76. The highest BCUT2D eigenvalue weighted by Crippen LogP contribution is 2.41. The monoisotopic (exact) mass is 255 g/mol. The van der Waals surface area contributed by atoms with Crippen LogP contribution in [0.1, 0.15) is 31.4 Å². The minimum atomic E-state index is 0.444. The molecule has 1 aromatic carbocycles. The highest BCUT2D eigenvalue weighted by Gasteiger charge is 2.32. The van der Waals surface area contributed by atoms with Gasteiger partial charge >= 0.3 is 0 Å². The maximum atomic E-state index is 4.10. The summed E-state index contributed by atoms with van der Waals surface area (Å²) in [5.74, 6) is 0.813. The fourth-order valence-electron chi connectivity index (χ4n) is 2.66. The van der Waals surface area contributed by atoms with Crippen molar-refractivity contribution >= 4 is 0 Å². The van der Waals surface area contributed by atoms with Crippen molar-refractivity contribution in [2.24, 2.45) is 5.92 Å². The van der Waals surface area contributed by atoms with Gasteiger partial charge in [-0.25, -0.2) is 4.98 Å². The number of rotatable bonds is 6. The summed E-state index contributed by atoms with van der Waals surface area (Å²) in [6.45, 7) is 3.22. The van der Waals surface area contributed by atoms with Crippen molar-refractivity contribution in [1.82, 2.24) is 14.9 Å². The second-order valence-corrected chi connectivity index (χ2v) is 5.55. The molecular weight excluding hydrogens is 234 g/mol. The number of nitrogens with zero attached hydrogens (tertiary/aromatic N) is 2. The summed E-state index contributed by atoms with van der Waals surface area (Å²) in [5.41, 5.74) is 1.42. The van der Waals surface area contributed by atoms with Gasteiger partial charge in [-0.3, -0.25) is 0 Å². The van der Waals surface area contributed by atoms with E-state index in [0.29, 0.717) is 12.1 Å². The van der Waals surface area contributed by atoms with E-state index in [2.05, 4.69) is 52.1 Å². The number of hydrogen-bond donors (Lipinski definition) is 1. The van der Waals surface area contributed by atoms with E-state index in [1.807, 2.05) is 18.7 Å². The number of aromatic nitrogens is 2. The smallest absolute Gasteiger partial charge is 0.0946 e. The largest absolute Gasteiger partial charge is 0.336 e. The molecule has 2 unspecified atom stereocenters. The standard InChI is InChI=1S/C16H21N3/c1-13(11-19-10-9-17-12-19)18-16(15-7-8-15)14-5-3-2-4-6-14/h2-6,9-10,12-13,15-16,18H,7-8,11H2,1H3. The molecule has 0 aliphatic heterocycles. The zero-order valence-corrected chi connectivity index (χ0v) is 11.4. The predicted octanol–water partition coefficient (Wildman–Crippen LogP) is 3.01. The lowest BCUT2D eigenvalue weighted by Gasteiger charge is -2.24. The normalized spacial score (nSPS) is 18.2. The fourth-order valence-corrected chi connectivity index (χ4v) is 2.66. The lowest BCUT2D eigenvalue weighted by atomic mass is 10.0. The predicted molar refractivity (Wildman–Crippen MR) is 76.7 cm³/mol. The molecule has 1 aliphatic carbocycles. The molecule has 1 saturated carbocycles. The maximum absolute atomic E-state index is 4.10. The molecule has 3 heteroatoms. The number of imidazole rings is 1. The van der Waals surface area contributed by atoms with Crippen LogP contribution in [0.3, 0.4) is 0 Å². The third kappa shape index (κ3) is 3.24. The molecule has 19 heavy (non-hydrogen) atoms. The molecule has 1 heterocycles. The van der Waals surface area contributed by atoms with Crippen LogP contribution in [0.15, 0.2) is 49.1 Å². The Balaban J connectivity index is 1.65. The highest BCUT2D eigenvalue weighted by atomic mass is 15.1. The van der Waals surface area contributed by atoms with E-state index in [9.17, 15) is 0 Å². The van der Waals surface area contributed by atoms with Crippen LogP contribution in [0.5, 0.6) is 0 Å². The molecule has 1 aliphatic rings. The molecule has 0 amide bonds. The van der Waals surface area contributed by atoms with Crippen molar-refractivity contribution in [3.05, 3.63) is 54.6 Å². The van der Waals surface area contributed by atoms with E-state index < -0.39 is 0 Å². The summed E-state index contributed by atoms with van der Waals surface area (Å²) in [4.78, 5) is 4.10. The van der Waals surface area contributed by atoms with Gasteiger partial charge in [0.1, 0.15) is 0 Å². The van der Waals surface area contributed by atoms with Crippen LogP contribution in [0, 0.1) is 5.92 Å². The topological polar surface area (TPSA) is 29.9 Å². The molecule has 0 saturated heterocycles. The second kappa shape index (κ2) is 5.57. The molecule has 2 aromatic rings. The molecule has 0 radical (unpaired) electrons. The summed E-state index contributed by atoms with van der Waals surface area (Å²) in [7, 11) is 0. The van der Waals surface area contributed by atoms with Gasteiger partial charge in [0.05, 0.1) is 6.33 Å². The van der Waals surface area contributed by atoms with Crippen molar-refractivity contribution in [3.63, 3.8) is 0 Å². The minimum absolute atomic E-state index is 0.444. The van der Waals surface area contributed by atoms with Crippen LogP contribution in [0.2, 0.25) is 0 Å². The quantitative estimate of drug-likeness (QED) is 0.860. The molecule has 1 N–H and O–H groups in total. The first-order valence-electron chi connectivity index (χ1n) is 7.09. The lowest BCUT2D eigenvalue weighted by molar-refractivity contribution is 0.387. The summed E-state index contributed by atoms with van der Waals surface area (Å²) in [6.07, 6.45) is 8.44. The first-order chi connectivity index (χ1) is 9.33. The van der Waals surface area contributed by atoms with Gasteiger partial charge in [-0.2, -0.15) is 0 Å². The van der Waals surface area contributed by atoms with Crippen LogP contribution < -0.4 is 5.32 Å². The van der Waals surface area contributed by atoms with Crippen LogP contribution in [-0.2, 0) is 6.54 Å². The van der Waals surface area contributed by atoms with Crippen molar-refractivity contribution < 1.29 is 0 Å². The Bertz CT molecular complexity index is 488. The SMILES string of the molecule is CC(Cn1ccnc1)NC(c1ccccc1)C1CC1. The zero-order chi connectivity index (χ0) is 13.1. The van der Waals surface area contributed by atoms with E-state index in [1.54, 1.807) is 0 Å². The van der Waals surface area contributed by atoms with E-state index in [-0.39, 0.29) is 0 Å². The van der Waals surface area contributed by atoms with Crippen LogP contribution >= 0.6 is 0 Å². The van der Waals surface area contributed by atoms with Crippen molar-refractivity contribution in [3.8, 4) is 0 Å². The van der Waals surface area contributed by atoms with Gasteiger partial charge in [0.2, 0.25) is 0 Å². The average molecular weight is 255 g/mol. The van der Waals surface area contributed by atoms with Crippen molar-refractivity contribution in [2.45, 2.75) is 38.4 Å². The second-order valence-electron chi connectivity index (χ2n) is 5.55. The molecule has 3 nitrogen and oxygen atoms in total. The zero-order valence-electron chi connectivity index (χ0n) is 11.4. The summed E-state index contributed by atoms with van der Waals surface area (Å²) in [6, 6.07) is 11.8. The van der Waals surface area contributed by atoms with Gasteiger partial charge < -0.3 is 9.88 Å². The van der Waals surface area contributed by atoms with Crippen molar-refractivity contribution in [2.75, 3.05) is 0 Å². The van der Waals surface area contributed by atoms with E-state index in [1.165, 1.54) is 18.4 Å². The fraction of sp³-hybridized carbons (Fsp3) is 0.438. The molecule has 2 atom stereocenters. The van der Waals surface area contributed by atoms with Gasteiger partial charge in [-0.15, -0.1) is 0 Å². The Morgan fingerprint density at radius 3 is 2.74 bits per heavy atom. The Kier molecular flexibility index (Phi) is 3.65. The summed E-state index contributed by atoms with van der Waals surface area (Å²) in [5, 5.41) is 3.78. The third-order valence-corrected chi connectivity index (χ3v) is 3.76. The summed E-state index contributed by atoms with van der Waals surface area (Å²) < 4.78 is 2.13. The number of benzene rings is 1. The van der Waals surface area contributed by atoms with Crippen LogP contribution in [0.25, 0.3) is 0 Å². The minimum Gasteiger partial charge on any atom is -0.336 e. The molecule has 1 aromatic heterocycles. The Morgan fingerprint density at radius 1 is 1.32 bits per heavy atom. The van der Waals surface area contributed by atoms with Gasteiger partial charge in [0.25, 0.3) is 0 Å². The number of hydrogen-bond acceptors (Lipinski definition) is 2. The Morgan fingerprint density at radius 2 is 2.11 bits per heavy atom. The van der Waals surface area contributed by atoms with Crippen LogP contribution in [-0.4, -0.2) is 15.6 Å². The molecule has 1 fully saturated rings. The average Bonchev–Trinajstić information content (AvgIpc) is 3.15. The van der Waals surface area contributed by atoms with E-state index in [0.717, 1.165) is 12.5 Å². The first-order valence-corrected chi connectivity index (χ1v) is 7.09. The van der Waals surface area contributed by atoms with E-state index in [4.69, 9.17) is 0 Å². The van der Waals surface area contributed by atoms with Crippen molar-refractivity contribution in [1.29, 1.82) is 0 Å².